The maximum absolute atomic E-state index is 11.7. The number of ether oxygens (including phenoxy) is 3. The summed E-state index contributed by atoms with van der Waals surface area (Å²) in [7, 11) is 0. The fourth-order valence-corrected chi connectivity index (χ4v) is 5.07. The Labute approximate surface area is 145 Å². The second-order valence-corrected chi connectivity index (χ2v) is 8.29. The summed E-state index contributed by atoms with van der Waals surface area (Å²) >= 11 is 0. The molecule has 2 fully saturated rings. The van der Waals surface area contributed by atoms with Gasteiger partial charge in [0.1, 0.15) is 11.7 Å². The number of rotatable bonds is 2. The van der Waals surface area contributed by atoms with Crippen LogP contribution in [0.15, 0.2) is 23.8 Å². The van der Waals surface area contributed by atoms with Crippen LogP contribution in [0, 0.1) is 17.8 Å². The van der Waals surface area contributed by atoms with E-state index in [1.165, 1.54) is 12.5 Å². The van der Waals surface area contributed by atoms with Crippen LogP contribution in [0.3, 0.4) is 0 Å². The standard InChI is InChI=1S/C20H30O4/c1-11(2)15-9-8-13(4)20-16(15)10-12(3)17(22-14(5)21)18(20)23-19(6,7)24-20/h10,13,15-18H,1,8-9H2,2-7H3. The van der Waals surface area contributed by atoms with Gasteiger partial charge in [-0.15, -0.1) is 0 Å². The van der Waals surface area contributed by atoms with Gasteiger partial charge in [0.25, 0.3) is 0 Å². The fraction of sp³-hybridized carbons (Fsp3) is 0.750. The van der Waals surface area contributed by atoms with Gasteiger partial charge in [-0.3, -0.25) is 4.79 Å². The van der Waals surface area contributed by atoms with Crippen LogP contribution in [0.2, 0.25) is 0 Å². The Bertz CT molecular complexity index is 590. The first kappa shape index (κ1) is 17.7. The summed E-state index contributed by atoms with van der Waals surface area (Å²) in [5.74, 6) is -0.0704. The number of esters is 1. The molecule has 1 spiro atoms. The molecular formula is C20H30O4. The zero-order valence-corrected chi connectivity index (χ0v) is 15.7. The monoisotopic (exact) mass is 334 g/mol. The molecule has 0 bridgehead atoms. The van der Waals surface area contributed by atoms with Crippen LogP contribution in [0.25, 0.3) is 0 Å². The SMILES string of the molecule is C=C(C)C1CCC(C)C23OC(C)(C)OC2C(OC(C)=O)C(C)=CC13. The maximum Gasteiger partial charge on any atom is 0.303 e. The van der Waals surface area contributed by atoms with Gasteiger partial charge in [-0.2, -0.15) is 0 Å². The van der Waals surface area contributed by atoms with Gasteiger partial charge < -0.3 is 14.2 Å². The summed E-state index contributed by atoms with van der Waals surface area (Å²) in [6.45, 7) is 15.9. The van der Waals surface area contributed by atoms with Crippen molar-refractivity contribution in [2.75, 3.05) is 0 Å². The summed E-state index contributed by atoms with van der Waals surface area (Å²) in [4.78, 5) is 11.7. The number of carbonyl (C=O) groups excluding carboxylic acids is 1. The van der Waals surface area contributed by atoms with Crippen LogP contribution in [0.1, 0.15) is 54.4 Å². The summed E-state index contributed by atoms with van der Waals surface area (Å²) in [6.07, 6.45) is 3.77. The molecule has 4 heteroatoms. The molecule has 0 radical (unpaired) electrons. The van der Waals surface area contributed by atoms with E-state index in [0.717, 1.165) is 18.4 Å². The Kier molecular flexibility index (Phi) is 4.20. The van der Waals surface area contributed by atoms with Crippen LogP contribution in [-0.2, 0) is 19.0 Å². The third-order valence-corrected chi connectivity index (χ3v) is 6.01. The first-order valence-corrected chi connectivity index (χ1v) is 8.97. The highest BCUT2D eigenvalue weighted by Crippen LogP contribution is 2.58. The van der Waals surface area contributed by atoms with Crippen LogP contribution >= 0.6 is 0 Å². The van der Waals surface area contributed by atoms with E-state index in [9.17, 15) is 4.79 Å². The molecule has 6 unspecified atom stereocenters. The van der Waals surface area contributed by atoms with Crippen molar-refractivity contribution < 1.29 is 19.0 Å². The normalized spacial score (nSPS) is 43.4. The van der Waals surface area contributed by atoms with Crippen molar-refractivity contribution in [2.45, 2.75) is 78.0 Å². The van der Waals surface area contributed by atoms with Crippen molar-refractivity contribution in [3.8, 4) is 0 Å². The van der Waals surface area contributed by atoms with Crippen molar-refractivity contribution in [3.63, 3.8) is 0 Å². The Balaban J connectivity index is 2.13. The van der Waals surface area contributed by atoms with Gasteiger partial charge in [-0.1, -0.05) is 25.2 Å². The zero-order valence-electron chi connectivity index (χ0n) is 15.7. The van der Waals surface area contributed by atoms with Gasteiger partial charge in [-0.05, 0) is 57.9 Å². The molecule has 3 aliphatic rings. The molecule has 134 valence electrons. The average molecular weight is 334 g/mol. The lowest BCUT2D eigenvalue weighted by Crippen LogP contribution is -2.62. The first-order chi connectivity index (χ1) is 11.1. The second-order valence-electron chi connectivity index (χ2n) is 8.29. The Morgan fingerprint density at radius 1 is 1.33 bits per heavy atom. The van der Waals surface area contributed by atoms with E-state index in [2.05, 4.69) is 26.5 Å². The molecule has 2 aliphatic carbocycles. The van der Waals surface area contributed by atoms with Gasteiger partial charge in [-0.25, -0.2) is 0 Å². The van der Waals surface area contributed by atoms with Gasteiger partial charge in [0.05, 0.1) is 0 Å². The van der Waals surface area contributed by atoms with Gasteiger partial charge in [0.15, 0.2) is 11.9 Å². The lowest BCUT2D eigenvalue weighted by Gasteiger charge is -2.54. The number of allylic oxidation sites excluding steroid dienone is 1. The topological polar surface area (TPSA) is 44.8 Å². The van der Waals surface area contributed by atoms with Crippen LogP contribution < -0.4 is 0 Å². The summed E-state index contributed by atoms with van der Waals surface area (Å²) in [6, 6.07) is 0. The summed E-state index contributed by atoms with van der Waals surface area (Å²) in [5.41, 5.74) is 1.77. The Hall–Kier alpha value is -1.13. The molecule has 0 aromatic carbocycles. The molecule has 3 rings (SSSR count). The third kappa shape index (κ3) is 2.55. The molecule has 0 aromatic heterocycles. The molecular weight excluding hydrogens is 304 g/mol. The molecule has 0 N–H and O–H groups in total. The van der Waals surface area contributed by atoms with E-state index in [-0.39, 0.29) is 24.1 Å². The van der Waals surface area contributed by atoms with Crippen molar-refractivity contribution in [3.05, 3.63) is 23.8 Å². The van der Waals surface area contributed by atoms with E-state index < -0.39 is 11.4 Å². The molecule has 1 saturated carbocycles. The minimum atomic E-state index is -0.689. The number of carbonyl (C=O) groups is 1. The maximum atomic E-state index is 11.7. The Morgan fingerprint density at radius 2 is 2.00 bits per heavy atom. The smallest absolute Gasteiger partial charge is 0.303 e. The Morgan fingerprint density at radius 3 is 2.58 bits per heavy atom. The lowest BCUT2D eigenvalue weighted by atomic mass is 9.56. The molecule has 6 atom stereocenters. The van der Waals surface area contributed by atoms with E-state index in [0.29, 0.717) is 11.8 Å². The minimum absolute atomic E-state index is 0.206. The van der Waals surface area contributed by atoms with Crippen LogP contribution in [0.5, 0.6) is 0 Å². The molecule has 1 heterocycles. The second kappa shape index (κ2) is 5.70. The number of hydrogen-bond donors (Lipinski definition) is 0. The highest BCUT2D eigenvalue weighted by Gasteiger charge is 2.66. The molecule has 4 nitrogen and oxygen atoms in total. The fourth-order valence-electron chi connectivity index (χ4n) is 5.07. The van der Waals surface area contributed by atoms with Crippen LogP contribution in [0.4, 0.5) is 0 Å². The average Bonchev–Trinajstić information content (AvgIpc) is 2.73. The molecule has 1 aliphatic heterocycles. The quantitative estimate of drug-likeness (QED) is 0.565. The van der Waals surface area contributed by atoms with Crippen molar-refractivity contribution in [1.29, 1.82) is 0 Å². The zero-order chi connectivity index (χ0) is 17.9. The van der Waals surface area contributed by atoms with E-state index in [1.54, 1.807) is 0 Å². The third-order valence-electron chi connectivity index (χ3n) is 6.01. The van der Waals surface area contributed by atoms with Crippen molar-refractivity contribution in [2.24, 2.45) is 17.8 Å². The largest absolute Gasteiger partial charge is 0.455 e. The van der Waals surface area contributed by atoms with Gasteiger partial charge in [0.2, 0.25) is 0 Å². The van der Waals surface area contributed by atoms with Crippen molar-refractivity contribution in [1.82, 2.24) is 0 Å². The van der Waals surface area contributed by atoms with Gasteiger partial charge in [0, 0.05) is 12.8 Å². The lowest BCUT2D eigenvalue weighted by molar-refractivity contribution is -0.193. The predicted molar refractivity (Wildman–Crippen MR) is 92.3 cm³/mol. The highest BCUT2D eigenvalue weighted by atomic mass is 16.8. The van der Waals surface area contributed by atoms with E-state index in [1.807, 2.05) is 20.8 Å². The van der Waals surface area contributed by atoms with E-state index >= 15 is 0 Å². The van der Waals surface area contributed by atoms with E-state index in [4.69, 9.17) is 14.2 Å². The molecule has 1 saturated heterocycles. The highest BCUT2D eigenvalue weighted by molar-refractivity contribution is 5.66. The first-order valence-electron chi connectivity index (χ1n) is 8.97. The minimum Gasteiger partial charge on any atom is -0.455 e. The number of hydrogen-bond acceptors (Lipinski definition) is 4. The van der Waals surface area contributed by atoms with Crippen molar-refractivity contribution >= 4 is 5.97 Å². The molecule has 24 heavy (non-hydrogen) atoms. The van der Waals surface area contributed by atoms with Crippen LogP contribution in [-0.4, -0.2) is 29.6 Å². The summed E-state index contributed by atoms with van der Waals surface area (Å²) < 4.78 is 18.6. The predicted octanol–water partition coefficient (Wildman–Crippen LogP) is 4.01. The van der Waals surface area contributed by atoms with Gasteiger partial charge >= 0.3 is 5.97 Å². The summed E-state index contributed by atoms with van der Waals surface area (Å²) in [5, 5.41) is 0. The molecule has 0 amide bonds. The molecule has 0 aromatic rings.